The summed E-state index contributed by atoms with van der Waals surface area (Å²) in [5, 5.41) is 15.8. The van der Waals surface area contributed by atoms with E-state index in [2.05, 4.69) is 26.1 Å². The molecule has 0 aliphatic heterocycles. The van der Waals surface area contributed by atoms with Crippen LogP contribution in [0.3, 0.4) is 0 Å². The molecule has 1 atom stereocenters. The third kappa shape index (κ3) is 15.9. The van der Waals surface area contributed by atoms with Crippen LogP contribution >= 0.6 is 12.6 Å². The smallest absolute Gasteiger partial charge is 0.333 e. The minimum absolute atomic E-state index is 0.446. The van der Waals surface area contributed by atoms with Gasteiger partial charge in [-0.05, 0) is 6.42 Å². The first-order valence-electron chi connectivity index (χ1n) is 4.69. The molecule has 0 radical (unpaired) electrons. The molecule has 0 rings (SSSR count). The fourth-order valence-electron chi connectivity index (χ4n) is 0.601. The Balaban J connectivity index is 0. The summed E-state index contributed by atoms with van der Waals surface area (Å²) in [6.45, 7) is 5.78. The number of unbranched alkanes of at least 4 members (excludes halogenated alkanes) is 2. The average Bonchev–Trinajstić information content (AvgIpc) is 2.14. The van der Waals surface area contributed by atoms with Crippen molar-refractivity contribution in [3.05, 3.63) is 12.7 Å². The number of allylic oxidation sites excluding steroid dienone is 1. The van der Waals surface area contributed by atoms with Gasteiger partial charge >= 0.3 is 5.97 Å². The number of thiol groups is 1. The molecule has 0 bridgehead atoms. The maximum absolute atomic E-state index is 10.00. The molecule has 0 aromatic heterocycles. The van der Waals surface area contributed by atoms with Crippen molar-refractivity contribution in [2.24, 2.45) is 0 Å². The van der Waals surface area contributed by atoms with Crippen LogP contribution in [0, 0.1) is 0 Å². The van der Waals surface area contributed by atoms with Crippen LogP contribution in [0.5, 0.6) is 0 Å². The molecular formula is C10H18O4S. The van der Waals surface area contributed by atoms with E-state index in [1.54, 1.807) is 0 Å². The van der Waals surface area contributed by atoms with E-state index in [1.807, 2.05) is 6.08 Å². The van der Waals surface area contributed by atoms with Gasteiger partial charge in [-0.15, -0.1) is 19.2 Å². The van der Waals surface area contributed by atoms with Crippen LogP contribution in [-0.2, 0) is 9.59 Å². The van der Waals surface area contributed by atoms with Crippen molar-refractivity contribution in [3.8, 4) is 0 Å². The lowest BCUT2D eigenvalue weighted by Crippen LogP contribution is -2.21. The Hall–Kier alpha value is -0.810. The molecule has 1 unspecified atom stereocenters. The van der Waals surface area contributed by atoms with Crippen LogP contribution in [-0.4, -0.2) is 27.4 Å². The van der Waals surface area contributed by atoms with Gasteiger partial charge in [0, 0.05) is 0 Å². The van der Waals surface area contributed by atoms with Crippen molar-refractivity contribution in [2.75, 3.05) is 0 Å². The summed E-state index contributed by atoms with van der Waals surface area (Å²) in [4.78, 5) is 19.8. The van der Waals surface area contributed by atoms with Crippen molar-refractivity contribution in [2.45, 2.75) is 38.7 Å². The maximum Gasteiger partial charge on any atom is 0.333 e. The van der Waals surface area contributed by atoms with Crippen molar-refractivity contribution in [1.82, 2.24) is 0 Å². The summed E-state index contributed by atoms with van der Waals surface area (Å²) in [6.07, 6.45) is 3.66. The number of carboxylic acids is 1. The van der Waals surface area contributed by atoms with Crippen LogP contribution in [0.1, 0.15) is 32.6 Å². The molecule has 88 valence electrons. The molecule has 4 nitrogen and oxygen atoms in total. The number of aliphatic carboxylic acids is 1. The Morgan fingerprint density at radius 1 is 1.53 bits per heavy atom. The second-order valence-electron chi connectivity index (χ2n) is 2.88. The lowest BCUT2D eigenvalue weighted by atomic mass is 10.3. The SMILES string of the molecule is C=CCCCC.O=C(S)CC(O)C(=O)O. The van der Waals surface area contributed by atoms with Crippen LogP contribution in [0.4, 0.5) is 0 Å². The minimum Gasteiger partial charge on any atom is -0.479 e. The van der Waals surface area contributed by atoms with Crippen LogP contribution in [0.2, 0.25) is 0 Å². The summed E-state index contributed by atoms with van der Waals surface area (Å²) < 4.78 is 0. The predicted octanol–water partition coefficient (Wildman–Crippen LogP) is 1.64. The zero-order valence-electron chi connectivity index (χ0n) is 8.85. The maximum atomic E-state index is 10.00. The van der Waals surface area contributed by atoms with Gasteiger partial charge in [-0.25, -0.2) is 4.79 Å². The number of aliphatic hydroxyl groups is 1. The first-order valence-corrected chi connectivity index (χ1v) is 5.13. The van der Waals surface area contributed by atoms with Gasteiger partial charge in [-0.1, -0.05) is 25.8 Å². The van der Waals surface area contributed by atoms with Crippen LogP contribution in [0.15, 0.2) is 12.7 Å². The molecule has 0 saturated heterocycles. The number of carbonyl (C=O) groups is 2. The molecule has 0 fully saturated rings. The number of carboxylic acid groups (broad SMARTS) is 1. The van der Waals surface area contributed by atoms with Crippen LogP contribution in [0.25, 0.3) is 0 Å². The molecule has 0 amide bonds. The van der Waals surface area contributed by atoms with Crippen molar-refractivity contribution in [1.29, 1.82) is 0 Å². The van der Waals surface area contributed by atoms with E-state index in [0.717, 1.165) is 0 Å². The van der Waals surface area contributed by atoms with Gasteiger partial charge in [-0.2, -0.15) is 0 Å². The standard InChI is InChI=1S/C6H12.C4H6O4S/c1-3-5-6-4-2;5-2(4(7)8)1-3(6)9/h3H,1,4-6H2,2H3;2,5H,1H2,(H,6,9)(H,7,8). The Bertz CT molecular complexity index is 204. The molecule has 2 N–H and O–H groups in total. The number of carbonyl (C=O) groups excluding carboxylic acids is 1. The highest BCUT2D eigenvalue weighted by Crippen LogP contribution is 1.94. The van der Waals surface area contributed by atoms with E-state index in [4.69, 9.17) is 10.2 Å². The average molecular weight is 234 g/mol. The van der Waals surface area contributed by atoms with Crippen molar-refractivity contribution >= 4 is 23.7 Å². The van der Waals surface area contributed by atoms with Crippen molar-refractivity contribution in [3.63, 3.8) is 0 Å². The minimum atomic E-state index is -1.62. The Morgan fingerprint density at radius 2 is 2.07 bits per heavy atom. The predicted molar refractivity (Wildman–Crippen MR) is 62.0 cm³/mol. The van der Waals surface area contributed by atoms with E-state index in [0.29, 0.717) is 0 Å². The van der Waals surface area contributed by atoms with Crippen LogP contribution < -0.4 is 0 Å². The van der Waals surface area contributed by atoms with Gasteiger partial charge < -0.3 is 10.2 Å². The monoisotopic (exact) mass is 234 g/mol. The Kier molecular flexibility index (Phi) is 12.5. The molecule has 0 aromatic rings. The normalized spacial score (nSPS) is 10.9. The lowest BCUT2D eigenvalue weighted by molar-refractivity contribution is -0.148. The second kappa shape index (κ2) is 11.3. The molecule has 0 aliphatic carbocycles. The van der Waals surface area contributed by atoms with Gasteiger partial charge in [0.05, 0.1) is 6.42 Å². The lowest BCUT2D eigenvalue weighted by Gasteiger charge is -1.98. The summed E-state index contributed by atoms with van der Waals surface area (Å²) in [5.74, 6) is -1.41. The highest BCUT2D eigenvalue weighted by Gasteiger charge is 2.14. The highest BCUT2D eigenvalue weighted by atomic mass is 32.1. The Labute approximate surface area is 95.4 Å². The van der Waals surface area contributed by atoms with Gasteiger partial charge in [0.2, 0.25) is 0 Å². The summed E-state index contributed by atoms with van der Waals surface area (Å²) in [7, 11) is 0. The molecule has 5 heteroatoms. The summed E-state index contributed by atoms with van der Waals surface area (Å²) in [6, 6.07) is 0. The van der Waals surface area contributed by atoms with Gasteiger partial charge in [-0.3, -0.25) is 4.79 Å². The second-order valence-corrected chi connectivity index (χ2v) is 3.38. The molecule has 15 heavy (non-hydrogen) atoms. The van der Waals surface area contributed by atoms with Gasteiger partial charge in [0.1, 0.15) is 0 Å². The zero-order valence-corrected chi connectivity index (χ0v) is 9.74. The zero-order chi connectivity index (χ0) is 12.3. The molecule has 0 saturated carbocycles. The molecular weight excluding hydrogens is 216 g/mol. The number of rotatable bonds is 6. The molecule has 0 aliphatic rings. The fraction of sp³-hybridized carbons (Fsp3) is 0.600. The number of aliphatic hydroxyl groups excluding tert-OH is 1. The Morgan fingerprint density at radius 3 is 2.20 bits per heavy atom. The van der Waals surface area contributed by atoms with E-state index in [1.165, 1.54) is 19.3 Å². The van der Waals surface area contributed by atoms with E-state index < -0.39 is 23.6 Å². The topological polar surface area (TPSA) is 74.6 Å². The van der Waals surface area contributed by atoms with Gasteiger partial charge in [0.25, 0.3) is 0 Å². The molecule has 0 spiro atoms. The first-order chi connectivity index (χ1) is 6.95. The fourth-order valence-corrected chi connectivity index (χ4v) is 0.774. The third-order valence-electron chi connectivity index (χ3n) is 1.41. The summed E-state index contributed by atoms with van der Waals surface area (Å²) in [5.41, 5.74) is 0. The van der Waals surface area contributed by atoms with E-state index >= 15 is 0 Å². The third-order valence-corrected chi connectivity index (χ3v) is 1.60. The van der Waals surface area contributed by atoms with E-state index in [-0.39, 0.29) is 0 Å². The first kappa shape index (κ1) is 16.6. The van der Waals surface area contributed by atoms with E-state index in [9.17, 15) is 9.59 Å². The van der Waals surface area contributed by atoms with Crippen molar-refractivity contribution < 1.29 is 19.8 Å². The largest absolute Gasteiger partial charge is 0.479 e. The number of hydrogen-bond acceptors (Lipinski definition) is 3. The highest BCUT2D eigenvalue weighted by molar-refractivity contribution is 7.96. The quantitative estimate of drug-likeness (QED) is 0.371. The number of hydrogen-bond donors (Lipinski definition) is 3. The summed E-state index contributed by atoms with van der Waals surface area (Å²) >= 11 is 3.27. The molecule has 0 aromatic carbocycles. The molecule has 0 heterocycles. The van der Waals surface area contributed by atoms with Gasteiger partial charge in [0.15, 0.2) is 11.2 Å².